The maximum atomic E-state index is 12.2. The van der Waals surface area contributed by atoms with Crippen LogP contribution in [0.5, 0.6) is 0 Å². The first-order valence-corrected chi connectivity index (χ1v) is 10.2. The summed E-state index contributed by atoms with van der Waals surface area (Å²) < 4.78 is 4.79. The second-order valence-corrected chi connectivity index (χ2v) is 7.36. The maximum Gasteiger partial charge on any atom is 0.299 e. The molecule has 1 amide bonds. The number of hydrogen-bond acceptors (Lipinski definition) is 7. The Labute approximate surface area is 180 Å². The van der Waals surface area contributed by atoms with Gasteiger partial charge in [-0.25, -0.2) is 5.01 Å². The number of carbonyl (C=O) groups excluding carboxylic acids is 2. The fraction of sp³-hybridized carbons (Fsp3) is 0.261. The SMILES string of the molecule is CN1N=C(OC=O)/C(=C/c2ccc(/N=N/c3ccc(N4CCCCC4)cc3)cc2)C1=O. The maximum absolute atomic E-state index is 12.2. The Morgan fingerprint density at radius 1 is 0.935 bits per heavy atom. The molecule has 0 bridgehead atoms. The van der Waals surface area contributed by atoms with E-state index in [0.29, 0.717) is 5.69 Å². The van der Waals surface area contributed by atoms with Crippen molar-refractivity contribution in [1.29, 1.82) is 0 Å². The molecule has 31 heavy (non-hydrogen) atoms. The van der Waals surface area contributed by atoms with E-state index < -0.39 is 0 Å². The van der Waals surface area contributed by atoms with Crippen molar-refractivity contribution in [1.82, 2.24) is 5.01 Å². The lowest BCUT2D eigenvalue weighted by Gasteiger charge is -2.28. The number of amides is 1. The first-order chi connectivity index (χ1) is 15.1. The molecule has 0 unspecified atom stereocenters. The van der Waals surface area contributed by atoms with Gasteiger partial charge in [-0.2, -0.15) is 10.2 Å². The molecular weight excluding hydrogens is 394 g/mol. The Bertz CT molecular complexity index is 1040. The lowest BCUT2D eigenvalue weighted by atomic mass is 10.1. The van der Waals surface area contributed by atoms with Crippen LogP contribution >= 0.6 is 0 Å². The van der Waals surface area contributed by atoms with Crippen molar-refractivity contribution < 1.29 is 14.3 Å². The van der Waals surface area contributed by atoms with E-state index in [0.717, 1.165) is 29.3 Å². The summed E-state index contributed by atoms with van der Waals surface area (Å²) in [5, 5.41) is 13.6. The highest BCUT2D eigenvalue weighted by Gasteiger charge is 2.29. The summed E-state index contributed by atoms with van der Waals surface area (Å²) in [6.07, 6.45) is 5.43. The van der Waals surface area contributed by atoms with Crippen molar-refractivity contribution >= 4 is 41.4 Å². The zero-order valence-corrected chi connectivity index (χ0v) is 17.3. The number of hydrazone groups is 1. The summed E-state index contributed by atoms with van der Waals surface area (Å²) in [6, 6.07) is 15.4. The zero-order chi connectivity index (χ0) is 21.6. The normalized spacial score (nSPS) is 18.0. The Morgan fingerprint density at radius 2 is 1.55 bits per heavy atom. The van der Waals surface area contributed by atoms with Crippen LogP contribution in [0, 0.1) is 0 Å². The predicted molar refractivity (Wildman–Crippen MR) is 118 cm³/mol. The van der Waals surface area contributed by atoms with Gasteiger partial charge in [0.1, 0.15) is 5.57 Å². The van der Waals surface area contributed by atoms with Crippen LogP contribution in [0.15, 0.2) is 69.4 Å². The van der Waals surface area contributed by atoms with E-state index in [2.05, 4.69) is 32.4 Å². The van der Waals surface area contributed by atoms with Crippen molar-refractivity contribution in [2.24, 2.45) is 15.3 Å². The van der Waals surface area contributed by atoms with Crippen molar-refractivity contribution in [3.05, 3.63) is 59.7 Å². The number of likely N-dealkylation sites (N-methyl/N-ethyl adjacent to an activating group) is 1. The van der Waals surface area contributed by atoms with Gasteiger partial charge in [0.2, 0.25) is 0 Å². The summed E-state index contributed by atoms with van der Waals surface area (Å²) in [5.41, 5.74) is 3.68. The number of piperidine rings is 1. The lowest BCUT2D eigenvalue weighted by Crippen LogP contribution is -2.29. The van der Waals surface area contributed by atoms with Crippen molar-refractivity contribution in [3.63, 3.8) is 0 Å². The smallest absolute Gasteiger partial charge is 0.299 e. The number of hydrogen-bond donors (Lipinski definition) is 0. The minimum atomic E-state index is -0.339. The fourth-order valence-electron chi connectivity index (χ4n) is 3.56. The molecule has 8 nitrogen and oxygen atoms in total. The number of ether oxygens (including phenoxy) is 1. The van der Waals surface area contributed by atoms with E-state index in [-0.39, 0.29) is 23.9 Å². The molecule has 2 aromatic rings. The molecule has 0 aromatic heterocycles. The van der Waals surface area contributed by atoms with E-state index in [9.17, 15) is 9.59 Å². The number of rotatable bonds is 5. The van der Waals surface area contributed by atoms with Crippen LogP contribution in [-0.4, -0.2) is 43.4 Å². The Kier molecular flexibility index (Phi) is 6.16. The summed E-state index contributed by atoms with van der Waals surface area (Å²) in [5.74, 6) is -0.354. The molecule has 0 spiro atoms. The van der Waals surface area contributed by atoms with Gasteiger partial charge in [-0.1, -0.05) is 12.1 Å². The largest absolute Gasteiger partial charge is 0.407 e. The van der Waals surface area contributed by atoms with Gasteiger partial charge in [0, 0.05) is 25.8 Å². The van der Waals surface area contributed by atoms with E-state index in [1.807, 2.05) is 24.3 Å². The first kappa shape index (κ1) is 20.5. The van der Waals surface area contributed by atoms with E-state index >= 15 is 0 Å². The number of nitrogens with zero attached hydrogens (tertiary/aromatic N) is 5. The average Bonchev–Trinajstić information content (AvgIpc) is 3.07. The second kappa shape index (κ2) is 9.34. The second-order valence-electron chi connectivity index (χ2n) is 7.36. The van der Waals surface area contributed by atoms with Crippen LogP contribution < -0.4 is 4.90 Å². The van der Waals surface area contributed by atoms with Crippen LogP contribution in [0.4, 0.5) is 17.1 Å². The molecule has 1 fully saturated rings. The fourth-order valence-corrected chi connectivity index (χ4v) is 3.56. The van der Waals surface area contributed by atoms with Gasteiger partial charge >= 0.3 is 0 Å². The van der Waals surface area contributed by atoms with Crippen LogP contribution in [0.3, 0.4) is 0 Å². The van der Waals surface area contributed by atoms with E-state index in [4.69, 9.17) is 4.74 Å². The van der Waals surface area contributed by atoms with Crippen molar-refractivity contribution in [3.8, 4) is 0 Å². The van der Waals surface area contributed by atoms with Crippen LogP contribution in [0.1, 0.15) is 24.8 Å². The predicted octanol–water partition coefficient (Wildman–Crippen LogP) is 4.43. The van der Waals surface area contributed by atoms with Crippen molar-refractivity contribution in [2.75, 3.05) is 25.0 Å². The number of benzene rings is 2. The molecule has 0 saturated carbocycles. The van der Waals surface area contributed by atoms with Crippen LogP contribution in [0.2, 0.25) is 0 Å². The van der Waals surface area contributed by atoms with Crippen molar-refractivity contribution in [2.45, 2.75) is 19.3 Å². The molecule has 2 aliphatic heterocycles. The third kappa shape index (κ3) is 4.85. The lowest BCUT2D eigenvalue weighted by molar-refractivity contribution is -0.124. The topological polar surface area (TPSA) is 86.9 Å². The highest BCUT2D eigenvalue weighted by molar-refractivity contribution is 6.25. The molecule has 2 heterocycles. The highest BCUT2D eigenvalue weighted by atomic mass is 16.5. The summed E-state index contributed by atoms with van der Waals surface area (Å²) in [6.45, 7) is 2.47. The Hall–Kier alpha value is -3.81. The monoisotopic (exact) mass is 417 g/mol. The molecule has 1 saturated heterocycles. The first-order valence-electron chi connectivity index (χ1n) is 10.2. The number of anilines is 1. The molecule has 2 aliphatic rings. The van der Waals surface area contributed by atoms with E-state index in [1.54, 1.807) is 18.2 Å². The molecule has 0 atom stereocenters. The quantitative estimate of drug-likeness (QED) is 0.409. The minimum absolute atomic E-state index is 0.0146. The van der Waals surface area contributed by atoms with E-state index in [1.165, 1.54) is 32.0 Å². The molecule has 8 heteroatoms. The molecular formula is C23H23N5O3. The van der Waals surface area contributed by atoms with Gasteiger partial charge in [-0.15, -0.1) is 5.10 Å². The number of carbonyl (C=O) groups is 2. The summed E-state index contributed by atoms with van der Waals surface area (Å²) in [7, 11) is 1.50. The van der Waals surface area contributed by atoms with Gasteiger partial charge in [-0.3, -0.25) is 9.59 Å². The molecule has 0 N–H and O–H groups in total. The molecule has 4 rings (SSSR count). The third-order valence-electron chi connectivity index (χ3n) is 5.21. The average molecular weight is 417 g/mol. The minimum Gasteiger partial charge on any atom is -0.407 e. The summed E-state index contributed by atoms with van der Waals surface area (Å²) in [4.78, 5) is 25.2. The molecule has 0 radical (unpaired) electrons. The van der Waals surface area contributed by atoms with Crippen LogP contribution in [0.25, 0.3) is 6.08 Å². The van der Waals surface area contributed by atoms with Crippen LogP contribution in [-0.2, 0) is 14.3 Å². The zero-order valence-electron chi connectivity index (χ0n) is 17.3. The number of azo groups is 1. The van der Waals surface area contributed by atoms with Gasteiger partial charge in [0.25, 0.3) is 18.3 Å². The van der Waals surface area contributed by atoms with Gasteiger partial charge in [0.05, 0.1) is 11.4 Å². The summed E-state index contributed by atoms with van der Waals surface area (Å²) >= 11 is 0. The Balaban J connectivity index is 1.42. The standard InChI is InChI=1S/C23H23N5O3/c1-27-23(30)21(22(26-27)31-16-29)15-17-5-7-18(8-6-17)24-25-19-9-11-20(12-10-19)28-13-3-2-4-14-28/h5-12,15-16H,2-4,13-14H2,1H3/b21-15-,25-24+. The van der Waals surface area contributed by atoms with Gasteiger partial charge in [0.15, 0.2) is 0 Å². The molecule has 158 valence electrons. The third-order valence-corrected chi connectivity index (χ3v) is 5.21. The van der Waals surface area contributed by atoms with Gasteiger partial charge < -0.3 is 9.64 Å². The Morgan fingerprint density at radius 3 is 2.16 bits per heavy atom. The highest BCUT2D eigenvalue weighted by Crippen LogP contribution is 2.25. The van der Waals surface area contributed by atoms with Gasteiger partial charge in [-0.05, 0) is 67.3 Å². The molecule has 2 aromatic carbocycles. The molecule has 0 aliphatic carbocycles.